The number of anilines is 1. The minimum absolute atomic E-state index is 0.0574. The summed E-state index contributed by atoms with van der Waals surface area (Å²) in [5.74, 6) is -2.31. The van der Waals surface area contributed by atoms with Gasteiger partial charge in [-0.3, -0.25) is 4.79 Å². The molecule has 160 valence electrons. The van der Waals surface area contributed by atoms with Gasteiger partial charge in [0.1, 0.15) is 27.9 Å². The highest BCUT2D eigenvalue weighted by atomic mass is 16.6. The summed E-state index contributed by atoms with van der Waals surface area (Å²) in [6, 6.07) is 6.91. The number of ether oxygens (including phenoxy) is 3. The number of para-hydroxylation sites is 1. The SMILES string of the molecule is CCOC(=O)C1=C(N)OC(C)=C(C(=O)OC(C)(C)C)C12C(=O)N(C)c1ccccc12. The highest BCUT2D eigenvalue weighted by Crippen LogP contribution is 2.54. The Hall–Kier alpha value is -3.29. The van der Waals surface area contributed by atoms with Crippen LogP contribution in [0, 0.1) is 0 Å². The summed E-state index contributed by atoms with van der Waals surface area (Å²) < 4.78 is 16.4. The van der Waals surface area contributed by atoms with Crippen LogP contribution >= 0.6 is 0 Å². The molecule has 0 aliphatic carbocycles. The Labute approximate surface area is 175 Å². The van der Waals surface area contributed by atoms with Crippen molar-refractivity contribution in [2.75, 3.05) is 18.6 Å². The molecule has 30 heavy (non-hydrogen) atoms. The van der Waals surface area contributed by atoms with Crippen LogP contribution in [-0.2, 0) is 34.0 Å². The molecule has 1 unspecified atom stereocenters. The zero-order valence-corrected chi connectivity index (χ0v) is 18.0. The predicted molar refractivity (Wildman–Crippen MR) is 109 cm³/mol. The summed E-state index contributed by atoms with van der Waals surface area (Å²) in [7, 11) is 1.58. The zero-order valence-electron chi connectivity index (χ0n) is 18.0. The van der Waals surface area contributed by atoms with Crippen LogP contribution in [0.2, 0.25) is 0 Å². The van der Waals surface area contributed by atoms with E-state index in [2.05, 4.69) is 0 Å². The molecule has 1 amide bonds. The molecule has 1 aromatic rings. The van der Waals surface area contributed by atoms with Crippen molar-refractivity contribution in [1.29, 1.82) is 0 Å². The van der Waals surface area contributed by atoms with Crippen LogP contribution in [0.1, 0.15) is 40.2 Å². The summed E-state index contributed by atoms with van der Waals surface area (Å²) in [4.78, 5) is 41.5. The van der Waals surface area contributed by atoms with E-state index in [1.54, 1.807) is 59.0 Å². The molecule has 8 heteroatoms. The second kappa shape index (κ2) is 7.19. The van der Waals surface area contributed by atoms with Crippen molar-refractivity contribution in [3.63, 3.8) is 0 Å². The lowest BCUT2D eigenvalue weighted by Crippen LogP contribution is -2.50. The number of hydrogen-bond acceptors (Lipinski definition) is 7. The van der Waals surface area contributed by atoms with Crippen molar-refractivity contribution < 1.29 is 28.6 Å². The van der Waals surface area contributed by atoms with Gasteiger partial charge in [-0.1, -0.05) is 18.2 Å². The first-order valence-corrected chi connectivity index (χ1v) is 9.64. The van der Waals surface area contributed by atoms with Gasteiger partial charge in [0.25, 0.3) is 0 Å². The number of nitrogens with zero attached hydrogens (tertiary/aromatic N) is 1. The van der Waals surface area contributed by atoms with E-state index < -0.39 is 28.9 Å². The first-order valence-electron chi connectivity index (χ1n) is 9.64. The average molecular weight is 414 g/mol. The molecule has 2 aliphatic heterocycles. The first-order chi connectivity index (χ1) is 14.0. The quantitative estimate of drug-likeness (QED) is 0.756. The summed E-state index contributed by atoms with van der Waals surface area (Å²) in [5.41, 5.74) is 4.12. The van der Waals surface area contributed by atoms with Crippen LogP contribution in [0.15, 0.2) is 47.1 Å². The van der Waals surface area contributed by atoms with Crippen LogP contribution in [0.5, 0.6) is 0 Å². The topological polar surface area (TPSA) is 108 Å². The fourth-order valence-corrected chi connectivity index (χ4v) is 3.97. The Morgan fingerprint density at radius 2 is 1.80 bits per heavy atom. The van der Waals surface area contributed by atoms with E-state index >= 15 is 0 Å². The Balaban J connectivity index is 2.39. The van der Waals surface area contributed by atoms with Crippen LogP contribution in [0.25, 0.3) is 0 Å². The van der Waals surface area contributed by atoms with Crippen LogP contribution in [0.3, 0.4) is 0 Å². The summed E-state index contributed by atoms with van der Waals surface area (Å²) >= 11 is 0. The van der Waals surface area contributed by atoms with Gasteiger partial charge in [0.05, 0.1) is 6.61 Å². The van der Waals surface area contributed by atoms with Crippen LogP contribution in [0.4, 0.5) is 5.69 Å². The minimum atomic E-state index is -1.83. The third-order valence-corrected chi connectivity index (χ3v) is 4.99. The average Bonchev–Trinajstić information content (AvgIpc) is 2.83. The van der Waals surface area contributed by atoms with E-state index in [-0.39, 0.29) is 29.4 Å². The molecule has 1 spiro atoms. The lowest BCUT2D eigenvalue weighted by molar-refractivity contribution is -0.152. The van der Waals surface area contributed by atoms with Crippen molar-refractivity contribution in [2.24, 2.45) is 5.73 Å². The maximum absolute atomic E-state index is 13.8. The minimum Gasteiger partial charge on any atom is -0.462 e. The number of carbonyl (C=O) groups is 3. The summed E-state index contributed by atoms with van der Waals surface area (Å²) in [6.45, 7) is 8.35. The molecule has 2 N–H and O–H groups in total. The highest BCUT2D eigenvalue weighted by molar-refractivity contribution is 6.22. The number of benzene rings is 1. The van der Waals surface area contributed by atoms with E-state index in [0.29, 0.717) is 11.3 Å². The molecule has 0 saturated carbocycles. The molecule has 0 fully saturated rings. The second-order valence-corrected chi connectivity index (χ2v) is 8.13. The molecule has 0 aromatic heterocycles. The second-order valence-electron chi connectivity index (χ2n) is 8.13. The van der Waals surface area contributed by atoms with Gasteiger partial charge in [-0.05, 0) is 40.7 Å². The number of rotatable bonds is 3. The third kappa shape index (κ3) is 3.03. The smallest absolute Gasteiger partial charge is 0.341 e. The van der Waals surface area contributed by atoms with Crippen LogP contribution < -0.4 is 10.6 Å². The molecule has 3 rings (SSSR count). The van der Waals surface area contributed by atoms with Gasteiger partial charge in [0.2, 0.25) is 11.8 Å². The molecule has 2 aliphatic rings. The van der Waals surface area contributed by atoms with Crippen molar-refractivity contribution in [3.05, 3.63) is 52.6 Å². The van der Waals surface area contributed by atoms with Gasteiger partial charge in [0, 0.05) is 18.3 Å². The number of allylic oxidation sites excluding steroid dienone is 1. The highest BCUT2D eigenvalue weighted by Gasteiger charge is 2.63. The van der Waals surface area contributed by atoms with Gasteiger partial charge >= 0.3 is 11.9 Å². The maximum atomic E-state index is 13.8. The number of esters is 2. The third-order valence-electron chi connectivity index (χ3n) is 4.99. The van der Waals surface area contributed by atoms with Crippen LogP contribution in [-0.4, -0.2) is 37.1 Å². The molecule has 0 radical (unpaired) electrons. The van der Waals surface area contributed by atoms with E-state index in [4.69, 9.17) is 19.9 Å². The first kappa shape index (κ1) is 21.4. The van der Waals surface area contributed by atoms with Gasteiger partial charge in [0.15, 0.2) is 0 Å². The number of carbonyl (C=O) groups excluding carboxylic acids is 3. The molecular weight excluding hydrogens is 388 g/mol. The summed E-state index contributed by atoms with van der Waals surface area (Å²) in [5, 5.41) is 0. The van der Waals surface area contributed by atoms with Gasteiger partial charge in [-0.25, -0.2) is 9.59 Å². The lowest BCUT2D eigenvalue weighted by Gasteiger charge is -2.36. The Morgan fingerprint density at radius 3 is 2.40 bits per heavy atom. The number of amides is 1. The molecule has 8 nitrogen and oxygen atoms in total. The van der Waals surface area contributed by atoms with Crippen molar-refractivity contribution in [2.45, 2.75) is 45.6 Å². The predicted octanol–water partition coefficient (Wildman–Crippen LogP) is 2.28. The molecule has 0 bridgehead atoms. The Morgan fingerprint density at radius 1 is 1.17 bits per heavy atom. The van der Waals surface area contributed by atoms with Gasteiger partial charge in [-0.15, -0.1) is 0 Å². The number of likely N-dealkylation sites (N-methyl/N-ethyl adjacent to an activating group) is 1. The lowest BCUT2D eigenvalue weighted by atomic mass is 9.67. The number of nitrogens with two attached hydrogens (primary N) is 1. The standard InChI is InChI=1S/C22H26N2O6/c1-7-28-18(25)16-17(23)29-12(2)15(19(26)30-21(3,4)5)22(16)13-10-8-9-11-14(13)24(6)20(22)27/h8-11H,7,23H2,1-6H3. The molecule has 1 aromatic carbocycles. The van der Waals surface area contributed by atoms with Crippen molar-refractivity contribution >= 4 is 23.5 Å². The van der Waals surface area contributed by atoms with Gasteiger partial charge in [-0.2, -0.15) is 0 Å². The maximum Gasteiger partial charge on any atom is 0.341 e. The van der Waals surface area contributed by atoms with Crippen molar-refractivity contribution in [3.8, 4) is 0 Å². The normalized spacial score (nSPS) is 21.0. The van der Waals surface area contributed by atoms with Gasteiger partial charge < -0.3 is 24.8 Å². The molecule has 1 atom stereocenters. The Bertz CT molecular complexity index is 1000. The monoisotopic (exact) mass is 414 g/mol. The molecular formula is C22H26N2O6. The molecule has 2 heterocycles. The van der Waals surface area contributed by atoms with E-state index in [9.17, 15) is 14.4 Å². The van der Waals surface area contributed by atoms with E-state index in [1.807, 2.05) is 0 Å². The number of fused-ring (bicyclic) bond motifs is 2. The largest absolute Gasteiger partial charge is 0.462 e. The fourth-order valence-electron chi connectivity index (χ4n) is 3.97. The van der Waals surface area contributed by atoms with E-state index in [0.717, 1.165) is 0 Å². The zero-order chi connectivity index (χ0) is 22.4. The van der Waals surface area contributed by atoms with E-state index in [1.165, 1.54) is 11.8 Å². The van der Waals surface area contributed by atoms with Crippen molar-refractivity contribution in [1.82, 2.24) is 0 Å². The Kier molecular flexibility index (Phi) is 5.14. The number of hydrogen-bond donors (Lipinski definition) is 1. The fraction of sp³-hybridized carbons (Fsp3) is 0.409. The molecule has 0 saturated heterocycles. The summed E-state index contributed by atoms with van der Waals surface area (Å²) in [6.07, 6.45) is 0.